The van der Waals surface area contributed by atoms with Gasteiger partial charge in [-0.3, -0.25) is 9.69 Å². The highest BCUT2D eigenvalue weighted by Gasteiger charge is 2.11. The van der Waals surface area contributed by atoms with E-state index in [2.05, 4.69) is 34.4 Å². The molecule has 0 spiro atoms. The molecule has 0 bridgehead atoms. The molecule has 1 amide bonds. The van der Waals surface area contributed by atoms with Crippen molar-refractivity contribution < 1.29 is 9.53 Å². The smallest absolute Gasteiger partial charge is 0.243 e. The van der Waals surface area contributed by atoms with E-state index >= 15 is 0 Å². The van der Waals surface area contributed by atoms with E-state index in [0.717, 1.165) is 51.8 Å². The molecule has 1 unspecified atom stereocenters. The first kappa shape index (κ1) is 21.7. The normalized spacial score (nSPS) is 17.2. The van der Waals surface area contributed by atoms with E-state index in [0.29, 0.717) is 6.04 Å². The summed E-state index contributed by atoms with van der Waals surface area (Å²) in [5, 5.41) is 6.80. The van der Waals surface area contributed by atoms with E-state index in [1.165, 1.54) is 19.3 Å². The Bertz CT molecular complexity index is 395. The highest BCUT2D eigenvalue weighted by atomic mass is 16.5. The molecule has 1 aliphatic rings. The monoisotopic (exact) mass is 355 g/mol. The predicted octanol–water partition coefficient (Wildman–Crippen LogP) is 0.911. The Morgan fingerprint density at radius 2 is 2.00 bits per heavy atom. The molecule has 1 atom stereocenters. The van der Waals surface area contributed by atoms with Gasteiger partial charge in [0.05, 0.1) is 13.2 Å². The van der Waals surface area contributed by atoms with Crippen LogP contribution in [0.2, 0.25) is 0 Å². The van der Waals surface area contributed by atoms with Crippen LogP contribution in [0.4, 0.5) is 0 Å². The fraction of sp³-hybridized carbons (Fsp3) is 0.889. The Hall–Kier alpha value is -1.34. The largest absolute Gasteiger partial charge is 0.379 e. The quantitative estimate of drug-likeness (QED) is 0.346. The van der Waals surface area contributed by atoms with Gasteiger partial charge < -0.3 is 20.3 Å². The molecular formula is C18H37N5O2. The number of hydrogen-bond donors (Lipinski definition) is 2. The van der Waals surface area contributed by atoms with Crippen LogP contribution in [-0.2, 0) is 9.53 Å². The molecule has 0 aliphatic carbocycles. The van der Waals surface area contributed by atoms with Crippen LogP contribution in [0.5, 0.6) is 0 Å². The number of nitrogens with one attached hydrogen (secondary N) is 2. The topological polar surface area (TPSA) is 69.2 Å². The third-order valence-electron chi connectivity index (χ3n) is 4.32. The zero-order valence-electron chi connectivity index (χ0n) is 16.5. The summed E-state index contributed by atoms with van der Waals surface area (Å²) in [7, 11) is 3.51. The zero-order valence-corrected chi connectivity index (χ0v) is 16.5. The number of guanidine groups is 1. The van der Waals surface area contributed by atoms with E-state index in [1.54, 1.807) is 19.0 Å². The number of likely N-dealkylation sites (N-methyl/N-ethyl adjacent to an activating group) is 1. The molecule has 1 aliphatic heterocycles. The molecule has 7 nitrogen and oxygen atoms in total. The third-order valence-corrected chi connectivity index (χ3v) is 4.32. The van der Waals surface area contributed by atoms with Crippen molar-refractivity contribution in [3.63, 3.8) is 0 Å². The number of nitrogens with zero attached hydrogens (tertiary/aromatic N) is 3. The number of carbonyl (C=O) groups is 1. The minimum atomic E-state index is 0.00733. The van der Waals surface area contributed by atoms with Crippen LogP contribution in [0.25, 0.3) is 0 Å². The Kier molecular flexibility index (Phi) is 11.2. The molecule has 146 valence electrons. The van der Waals surface area contributed by atoms with Crippen molar-refractivity contribution in [2.24, 2.45) is 4.99 Å². The van der Waals surface area contributed by atoms with Crippen molar-refractivity contribution in [1.29, 1.82) is 0 Å². The lowest BCUT2D eigenvalue weighted by Crippen LogP contribution is -2.47. The van der Waals surface area contributed by atoms with E-state index < -0.39 is 0 Å². The number of ether oxygens (including phenoxy) is 1. The second-order valence-electron chi connectivity index (χ2n) is 6.87. The van der Waals surface area contributed by atoms with Gasteiger partial charge in [0, 0.05) is 46.3 Å². The lowest BCUT2D eigenvalue weighted by molar-refractivity contribution is -0.127. The Morgan fingerprint density at radius 3 is 2.64 bits per heavy atom. The van der Waals surface area contributed by atoms with Crippen molar-refractivity contribution in [2.75, 3.05) is 60.0 Å². The molecule has 0 aromatic carbocycles. The predicted molar refractivity (Wildman–Crippen MR) is 103 cm³/mol. The van der Waals surface area contributed by atoms with Crippen LogP contribution in [0.3, 0.4) is 0 Å². The van der Waals surface area contributed by atoms with Crippen LogP contribution >= 0.6 is 0 Å². The fourth-order valence-corrected chi connectivity index (χ4v) is 2.60. The van der Waals surface area contributed by atoms with Gasteiger partial charge in [-0.15, -0.1) is 0 Å². The molecule has 1 saturated heterocycles. The molecule has 0 saturated carbocycles. The van der Waals surface area contributed by atoms with Gasteiger partial charge >= 0.3 is 0 Å². The minimum Gasteiger partial charge on any atom is -0.379 e. The first-order chi connectivity index (χ1) is 12.0. The average Bonchev–Trinajstić information content (AvgIpc) is 2.60. The summed E-state index contributed by atoms with van der Waals surface area (Å²) in [6, 6.07) is 0.343. The van der Waals surface area contributed by atoms with Crippen LogP contribution < -0.4 is 10.6 Å². The summed E-state index contributed by atoms with van der Waals surface area (Å²) in [6.45, 7) is 9.90. The molecule has 1 heterocycles. The summed E-state index contributed by atoms with van der Waals surface area (Å²) < 4.78 is 5.37. The summed E-state index contributed by atoms with van der Waals surface area (Å²) in [6.07, 6.45) is 4.80. The average molecular weight is 356 g/mol. The van der Waals surface area contributed by atoms with Crippen molar-refractivity contribution in [3.8, 4) is 0 Å². The van der Waals surface area contributed by atoms with Gasteiger partial charge in [0.2, 0.25) is 5.91 Å². The van der Waals surface area contributed by atoms with Gasteiger partial charge in [0.1, 0.15) is 6.54 Å². The first-order valence-corrected chi connectivity index (χ1v) is 9.58. The number of unbranched alkanes of at least 4 members (excludes halogenated alkanes) is 2. The SMILES string of the molecule is CCCCCC(C)NC(=NCC(=O)N(C)C)NCCN1CCOCC1. The zero-order chi connectivity index (χ0) is 18.5. The van der Waals surface area contributed by atoms with E-state index in [-0.39, 0.29) is 12.5 Å². The van der Waals surface area contributed by atoms with E-state index in [1.807, 2.05) is 0 Å². The maximum Gasteiger partial charge on any atom is 0.243 e. The van der Waals surface area contributed by atoms with Crippen LogP contribution in [-0.4, -0.2) is 87.7 Å². The highest BCUT2D eigenvalue weighted by Crippen LogP contribution is 2.02. The summed E-state index contributed by atoms with van der Waals surface area (Å²) in [5.74, 6) is 0.736. The molecule has 0 radical (unpaired) electrons. The molecule has 1 rings (SSSR count). The highest BCUT2D eigenvalue weighted by molar-refractivity contribution is 5.84. The maximum absolute atomic E-state index is 11.8. The van der Waals surface area contributed by atoms with Gasteiger partial charge in [0.25, 0.3) is 0 Å². The molecule has 1 fully saturated rings. The van der Waals surface area contributed by atoms with Gasteiger partial charge in [-0.2, -0.15) is 0 Å². The fourth-order valence-electron chi connectivity index (χ4n) is 2.60. The summed E-state index contributed by atoms with van der Waals surface area (Å²) in [5.41, 5.74) is 0. The third kappa shape index (κ3) is 10.3. The minimum absolute atomic E-state index is 0.00733. The standard InChI is InChI=1S/C18H37N5O2/c1-5-6-7-8-16(2)21-18(20-15-17(24)22(3)4)19-9-10-23-11-13-25-14-12-23/h16H,5-15H2,1-4H3,(H2,19,20,21). The van der Waals surface area contributed by atoms with Gasteiger partial charge in [-0.05, 0) is 13.3 Å². The summed E-state index contributed by atoms with van der Waals surface area (Å²) in [4.78, 5) is 20.2. The molecule has 2 N–H and O–H groups in total. The second kappa shape index (κ2) is 12.9. The van der Waals surface area contributed by atoms with Crippen LogP contribution in [0.1, 0.15) is 39.5 Å². The number of morpholine rings is 1. The van der Waals surface area contributed by atoms with Crippen LogP contribution in [0.15, 0.2) is 4.99 Å². The first-order valence-electron chi connectivity index (χ1n) is 9.58. The summed E-state index contributed by atoms with van der Waals surface area (Å²) >= 11 is 0. The van der Waals surface area contributed by atoms with Crippen LogP contribution in [0, 0.1) is 0 Å². The van der Waals surface area contributed by atoms with Crippen molar-refractivity contribution >= 4 is 11.9 Å². The Labute approximate surface area is 153 Å². The second-order valence-corrected chi connectivity index (χ2v) is 6.87. The molecule has 0 aromatic rings. The molecular weight excluding hydrogens is 318 g/mol. The lowest BCUT2D eigenvalue weighted by atomic mass is 10.1. The number of hydrogen-bond acceptors (Lipinski definition) is 4. The number of rotatable bonds is 10. The molecule has 7 heteroatoms. The van der Waals surface area contributed by atoms with E-state index in [9.17, 15) is 4.79 Å². The van der Waals surface area contributed by atoms with E-state index in [4.69, 9.17) is 4.74 Å². The van der Waals surface area contributed by atoms with Crippen molar-refractivity contribution in [2.45, 2.75) is 45.6 Å². The van der Waals surface area contributed by atoms with Gasteiger partial charge in [-0.1, -0.05) is 26.2 Å². The van der Waals surface area contributed by atoms with Gasteiger partial charge in [0.15, 0.2) is 5.96 Å². The van der Waals surface area contributed by atoms with Gasteiger partial charge in [-0.25, -0.2) is 4.99 Å². The Morgan fingerprint density at radius 1 is 1.28 bits per heavy atom. The van der Waals surface area contributed by atoms with Crippen molar-refractivity contribution in [1.82, 2.24) is 20.4 Å². The number of aliphatic imine (C=N–C) groups is 1. The Balaban J connectivity index is 2.45. The lowest BCUT2D eigenvalue weighted by Gasteiger charge is -2.27. The number of amides is 1. The number of carbonyl (C=O) groups excluding carboxylic acids is 1. The van der Waals surface area contributed by atoms with Crippen molar-refractivity contribution in [3.05, 3.63) is 0 Å². The maximum atomic E-state index is 11.8. The molecule has 25 heavy (non-hydrogen) atoms. The molecule has 0 aromatic heterocycles.